The molecule has 0 saturated carbocycles. The van der Waals surface area contributed by atoms with Gasteiger partial charge in [0.05, 0.1) is 21.8 Å². The van der Waals surface area contributed by atoms with Crippen LogP contribution in [0.3, 0.4) is 0 Å². The Bertz CT molecular complexity index is 892. The highest BCUT2D eigenvalue weighted by Gasteiger charge is 2.20. The zero-order chi connectivity index (χ0) is 18.8. The molecule has 1 aliphatic rings. The topological polar surface area (TPSA) is 78.7 Å². The van der Waals surface area contributed by atoms with E-state index in [1.807, 2.05) is 11.8 Å². The molecule has 9 heteroatoms. The summed E-state index contributed by atoms with van der Waals surface area (Å²) in [5.74, 6) is -0.0697. The number of piperazine rings is 1. The number of nitrogens with zero attached hydrogens (tertiary/aromatic N) is 4. The van der Waals surface area contributed by atoms with E-state index in [-0.39, 0.29) is 38.2 Å². The lowest BCUT2D eigenvalue weighted by Crippen LogP contribution is -2.49. The SMILES string of the molecule is CCC(=O)N1CCN(CCn2cnc3c(O)c(Cl)cc(Cl)c3c2=O)CC1. The molecule has 1 aromatic carbocycles. The summed E-state index contributed by atoms with van der Waals surface area (Å²) in [4.78, 5) is 32.6. The van der Waals surface area contributed by atoms with Gasteiger partial charge in [0, 0.05) is 45.7 Å². The number of hydrogen-bond acceptors (Lipinski definition) is 5. The van der Waals surface area contributed by atoms with E-state index in [4.69, 9.17) is 23.2 Å². The van der Waals surface area contributed by atoms with Crippen molar-refractivity contribution in [1.29, 1.82) is 0 Å². The monoisotopic (exact) mass is 398 g/mol. The minimum atomic E-state index is -0.313. The fourth-order valence-electron chi connectivity index (χ4n) is 3.10. The third-order valence-electron chi connectivity index (χ3n) is 4.67. The van der Waals surface area contributed by atoms with Crippen LogP contribution in [0.4, 0.5) is 0 Å². The van der Waals surface area contributed by atoms with Crippen LogP contribution in [0.25, 0.3) is 10.9 Å². The number of aromatic hydroxyl groups is 1. The second kappa shape index (κ2) is 7.82. The normalized spacial score (nSPS) is 15.6. The van der Waals surface area contributed by atoms with Crippen molar-refractivity contribution in [3.8, 4) is 5.75 Å². The highest BCUT2D eigenvalue weighted by Crippen LogP contribution is 2.34. The molecule has 0 radical (unpaired) electrons. The zero-order valence-electron chi connectivity index (χ0n) is 14.4. The number of phenolic OH excluding ortho intramolecular Hbond substituents is 1. The molecule has 1 amide bonds. The van der Waals surface area contributed by atoms with E-state index < -0.39 is 0 Å². The van der Waals surface area contributed by atoms with Gasteiger partial charge in [-0.2, -0.15) is 0 Å². The second-order valence-electron chi connectivity index (χ2n) is 6.23. The first-order chi connectivity index (χ1) is 12.4. The van der Waals surface area contributed by atoms with Gasteiger partial charge in [0.25, 0.3) is 5.56 Å². The number of carbonyl (C=O) groups is 1. The molecule has 7 nitrogen and oxygen atoms in total. The number of aromatic nitrogens is 2. The van der Waals surface area contributed by atoms with Gasteiger partial charge in [-0.15, -0.1) is 0 Å². The summed E-state index contributed by atoms with van der Waals surface area (Å²) in [7, 11) is 0. The summed E-state index contributed by atoms with van der Waals surface area (Å²) in [5.41, 5.74) is -0.206. The van der Waals surface area contributed by atoms with Gasteiger partial charge in [-0.25, -0.2) is 4.98 Å². The number of halogens is 2. The Balaban J connectivity index is 1.72. The molecule has 1 fully saturated rings. The summed E-state index contributed by atoms with van der Waals surface area (Å²) in [6.07, 6.45) is 1.92. The predicted octanol–water partition coefficient (Wildman–Crippen LogP) is 1.96. The Kier molecular flexibility index (Phi) is 5.70. The molecule has 2 aromatic rings. The highest BCUT2D eigenvalue weighted by atomic mass is 35.5. The smallest absolute Gasteiger partial charge is 0.262 e. The minimum absolute atomic E-state index is 0.0617. The first-order valence-corrected chi connectivity index (χ1v) is 9.24. The molecule has 0 aliphatic carbocycles. The molecule has 2 heterocycles. The lowest BCUT2D eigenvalue weighted by molar-refractivity contribution is -0.132. The van der Waals surface area contributed by atoms with Gasteiger partial charge in [-0.1, -0.05) is 30.1 Å². The molecule has 1 aliphatic heterocycles. The van der Waals surface area contributed by atoms with Crippen LogP contribution in [-0.2, 0) is 11.3 Å². The van der Waals surface area contributed by atoms with E-state index in [1.54, 1.807) is 0 Å². The number of hydrogen-bond donors (Lipinski definition) is 1. The maximum Gasteiger partial charge on any atom is 0.262 e. The molecule has 1 N–H and O–H groups in total. The lowest BCUT2D eigenvalue weighted by atomic mass is 10.2. The van der Waals surface area contributed by atoms with Crippen LogP contribution in [0, 0.1) is 0 Å². The molecule has 3 rings (SSSR count). The number of amides is 1. The average Bonchev–Trinajstić information content (AvgIpc) is 2.64. The largest absolute Gasteiger partial charge is 0.504 e. The maximum absolute atomic E-state index is 12.7. The minimum Gasteiger partial charge on any atom is -0.504 e. The molecule has 0 unspecified atom stereocenters. The van der Waals surface area contributed by atoms with Crippen LogP contribution in [0.2, 0.25) is 10.0 Å². The highest BCUT2D eigenvalue weighted by molar-refractivity contribution is 6.39. The number of benzene rings is 1. The molecule has 1 aromatic heterocycles. The fourth-order valence-corrected chi connectivity index (χ4v) is 3.64. The molecule has 140 valence electrons. The van der Waals surface area contributed by atoms with Crippen molar-refractivity contribution in [2.75, 3.05) is 32.7 Å². The van der Waals surface area contributed by atoms with E-state index >= 15 is 0 Å². The standard InChI is InChI=1S/C17H20Cl2N4O3/c1-2-13(24)22-6-3-21(4-7-22)5-8-23-10-20-15-14(17(23)26)11(18)9-12(19)16(15)25/h9-10,25H,2-8H2,1H3. The number of carbonyl (C=O) groups excluding carboxylic acids is 1. The van der Waals surface area contributed by atoms with E-state index in [9.17, 15) is 14.7 Å². The Morgan fingerprint density at radius 3 is 2.54 bits per heavy atom. The van der Waals surface area contributed by atoms with Gasteiger partial charge in [0.15, 0.2) is 5.75 Å². The molecule has 0 bridgehead atoms. The van der Waals surface area contributed by atoms with Gasteiger partial charge in [0.1, 0.15) is 5.52 Å². The Morgan fingerprint density at radius 2 is 1.88 bits per heavy atom. The van der Waals surface area contributed by atoms with Crippen LogP contribution < -0.4 is 5.56 Å². The van der Waals surface area contributed by atoms with E-state index in [1.165, 1.54) is 17.0 Å². The van der Waals surface area contributed by atoms with Gasteiger partial charge < -0.3 is 10.0 Å². The zero-order valence-corrected chi connectivity index (χ0v) is 15.9. The van der Waals surface area contributed by atoms with Crippen molar-refractivity contribution < 1.29 is 9.90 Å². The lowest BCUT2D eigenvalue weighted by Gasteiger charge is -2.34. The van der Waals surface area contributed by atoms with Crippen LogP contribution >= 0.6 is 23.2 Å². The van der Waals surface area contributed by atoms with Gasteiger partial charge >= 0.3 is 0 Å². The summed E-state index contributed by atoms with van der Waals surface area (Å²) in [5, 5.41) is 10.4. The van der Waals surface area contributed by atoms with E-state index in [0.717, 1.165) is 13.1 Å². The predicted molar refractivity (Wildman–Crippen MR) is 101 cm³/mol. The number of fused-ring (bicyclic) bond motifs is 1. The third kappa shape index (κ3) is 3.65. The van der Waals surface area contributed by atoms with Gasteiger partial charge in [-0.05, 0) is 6.07 Å². The first kappa shape index (κ1) is 18.9. The third-order valence-corrected chi connectivity index (χ3v) is 5.25. The Hall–Kier alpha value is -1.83. The molecule has 0 atom stereocenters. The molecule has 0 spiro atoms. The number of rotatable bonds is 4. The van der Waals surface area contributed by atoms with Crippen molar-refractivity contribution in [3.63, 3.8) is 0 Å². The van der Waals surface area contributed by atoms with Crippen LogP contribution in [0.15, 0.2) is 17.2 Å². The van der Waals surface area contributed by atoms with Gasteiger partial charge in [-0.3, -0.25) is 19.1 Å². The number of phenols is 1. The summed E-state index contributed by atoms with van der Waals surface area (Å²) < 4.78 is 1.48. The van der Waals surface area contributed by atoms with Crippen LogP contribution in [0.1, 0.15) is 13.3 Å². The van der Waals surface area contributed by atoms with E-state index in [0.29, 0.717) is 32.6 Å². The Labute approximate surface area is 160 Å². The molecular formula is C17H20Cl2N4O3. The maximum atomic E-state index is 12.7. The summed E-state index contributed by atoms with van der Waals surface area (Å²) in [6, 6.07) is 1.35. The van der Waals surface area contributed by atoms with Crippen molar-refractivity contribution >= 4 is 40.0 Å². The van der Waals surface area contributed by atoms with Crippen molar-refractivity contribution in [2.24, 2.45) is 0 Å². The summed E-state index contributed by atoms with van der Waals surface area (Å²) in [6.45, 7) is 5.94. The van der Waals surface area contributed by atoms with Gasteiger partial charge in [0.2, 0.25) is 5.91 Å². The summed E-state index contributed by atoms with van der Waals surface area (Å²) >= 11 is 12.0. The molecule has 26 heavy (non-hydrogen) atoms. The molecule has 1 saturated heterocycles. The Morgan fingerprint density at radius 1 is 1.19 bits per heavy atom. The van der Waals surface area contributed by atoms with Crippen LogP contribution in [-0.4, -0.2) is 63.1 Å². The quantitative estimate of drug-likeness (QED) is 0.851. The second-order valence-corrected chi connectivity index (χ2v) is 7.05. The van der Waals surface area contributed by atoms with E-state index in [2.05, 4.69) is 9.88 Å². The first-order valence-electron chi connectivity index (χ1n) is 8.48. The fraction of sp³-hybridized carbons (Fsp3) is 0.471. The van der Waals surface area contributed by atoms with Crippen LogP contribution in [0.5, 0.6) is 5.75 Å². The van der Waals surface area contributed by atoms with Crippen molar-refractivity contribution in [3.05, 3.63) is 32.8 Å². The van der Waals surface area contributed by atoms with Crippen molar-refractivity contribution in [1.82, 2.24) is 19.4 Å². The average molecular weight is 399 g/mol. The molecular weight excluding hydrogens is 379 g/mol. The van der Waals surface area contributed by atoms with Crippen molar-refractivity contribution in [2.45, 2.75) is 19.9 Å².